The van der Waals surface area contributed by atoms with Crippen molar-refractivity contribution in [2.75, 3.05) is 7.05 Å². The van der Waals surface area contributed by atoms with Crippen molar-refractivity contribution >= 4 is 21.4 Å². The third-order valence-electron chi connectivity index (χ3n) is 2.91. The van der Waals surface area contributed by atoms with Gasteiger partial charge in [0.05, 0.1) is 21.7 Å². The van der Waals surface area contributed by atoms with Crippen LogP contribution in [0, 0.1) is 18.3 Å². The molecule has 0 aliphatic rings. The monoisotopic (exact) mass is 307 g/mol. The molecular weight excluding hydrogens is 294 g/mol. The van der Waals surface area contributed by atoms with Gasteiger partial charge in [-0.15, -0.1) is 11.3 Å². The topological polar surface area (TPSA) is 74.1 Å². The van der Waals surface area contributed by atoms with Gasteiger partial charge < -0.3 is 0 Å². The number of hydrogen-bond donors (Lipinski definition) is 0. The van der Waals surface area contributed by atoms with Crippen molar-refractivity contribution in [1.82, 2.24) is 9.29 Å². The summed E-state index contributed by atoms with van der Waals surface area (Å²) >= 11 is 1.42. The van der Waals surface area contributed by atoms with Crippen LogP contribution in [0.2, 0.25) is 0 Å². The maximum Gasteiger partial charge on any atom is 0.244 e. The number of aryl methyl sites for hydroxylation is 1. The lowest BCUT2D eigenvalue weighted by Crippen LogP contribution is -2.27. The molecule has 0 bridgehead atoms. The zero-order valence-electron chi connectivity index (χ0n) is 11.1. The summed E-state index contributed by atoms with van der Waals surface area (Å²) in [5.41, 5.74) is 2.67. The standard InChI is InChI=1S/C13H13N3O2S2/c1-10-12(19-9-15-10)8-16(2)20(17,18)13-6-4-3-5-11(13)7-14/h3-6,9H,8H2,1-2H3. The van der Waals surface area contributed by atoms with Crippen LogP contribution in [0.25, 0.3) is 0 Å². The van der Waals surface area contributed by atoms with Crippen molar-refractivity contribution in [2.24, 2.45) is 0 Å². The summed E-state index contributed by atoms with van der Waals surface area (Å²) in [6, 6.07) is 8.11. The van der Waals surface area contributed by atoms with Crippen LogP contribution in [-0.2, 0) is 16.6 Å². The Morgan fingerprint density at radius 3 is 2.70 bits per heavy atom. The van der Waals surface area contributed by atoms with Gasteiger partial charge in [0.2, 0.25) is 10.0 Å². The first-order valence-corrected chi connectivity index (χ1v) is 8.13. The summed E-state index contributed by atoms with van der Waals surface area (Å²) < 4.78 is 26.3. The van der Waals surface area contributed by atoms with Crippen molar-refractivity contribution < 1.29 is 8.42 Å². The molecule has 1 aromatic heterocycles. The van der Waals surface area contributed by atoms with E-state index in [9.17, 15) is 8.42 Å². The predicted molar refractivity (Wildman–Crippen MR) is 76.7 cm³/mol. The summed E-state index contributed by atoms with van der Waals surface area (Å²) in [6.45, 7) is 2.09. The Labute approximate surface area is 122 Å². The molecule has 0 saturated carbocycles. The third-order valence-corrected chi connectivity index (χ3v) is 5.69. The summed E-state index contributed by atoms with van der Waals surface area (Å²) in [7, 11) is -2.18. The fourth-order valence-electron chi connectivity index (χ4n) is 1.72. The Balaban J connectivity index is 2.35. The van der Waals surface area contributed by atoms with Crippen molar-refractivity contribution in [3.8, 4) is 6.07 Å². The van der Waals surface area contributed by atoms with Crippen LogP contribution in [0.3, 0.4) is 0 Å². The molecule has 0 aliphatic carbocycles. The zero-order chi connectivity index (χ0) is 14.8. The Morgan fingerprint density at radius 2 is 2.10 bits per heavy atom. The van der Waals surface area contributed by atoms with Gasteiger partial charge >= 0.3 is 0 Å². The highest BCUT2D eigenvalue weighted by Crippen LogP contribution is 2.22. The number of thiazole rings is 1. The van der Waals surface area contributed by atoms with E-state index in [0.29, 0.717) is 0 Å². The molecule has 2 rings (SSSR count). The molecule has 0 saturated heterocycles. The lowest BCUT2D eigenvalue weighted by atomic mass is 10.2. The quantitative estimate of drug-likeness (QED) is 0.867. The lowest BCUT2D eigenvalue weighted by molar-refractivity contribution is 0.468. The average Bonchev–Trinajstić information content (AvgIpc) is 2.84. The van der Waals surface area contributed by atoms with Crippen LogP contribution in [0.15, 0.2) is 34.7 Å². The summed E-state index contributed by atoms with van der Waals surface area (Å²) in [5.74, 6) is 0. The van der Waals surface area contributed by atoms with Crippen molar-refractivity contribution in [2.45, 2.75) is 18.4 Å². The van der Waals surface area contributed by atoms with Gasteiger partial charge in [-0.3, -0.25) is 0 Å². The van der Waals surface area contributed by atoms with Crippen LogP contribution < -0.4 is 0 Å². The van der Waals surface area contributed by atoms with Crippen LogP contribution >= 0.6 is 11.3 Å². The molecule has 0 fully saturated rings. The molecule has 0 atom stereocenters. The second-order valence-corrected chi connectivity index (χ2v) is 7.18. The van der Waals surface area contributed by atoms with Crippen molar-refractivity contribution in [3.05, 3.63) is 45.9 Å². The van der Waals surface area contributed by atoms with E-state index in [1.54, 1.807) is 17.6 Å². The maximum atomic E-state index is 12.5. The van der Waals surface area contributed by atoms with Gasteiger partial charge in [-0.2, -0.15) is 9.57 Å². The third kappa shape index (κ3) is 2.72. The number of nitrogens with zero attached hydrogens (tertiary/aromatic N) is 3. The van der Waals surface area contributed by atoms with Crippen LogP contribution in [-0.4, -0.2) is 24.8 Å². The van der Waals surface area contributed by atoms with E-state index < -0.39 is 10.0 Å². The number of rotatable bonds is 4. The Bertz CT molecular complexity index is 760. The smallest absolute Gasteiger partial charge is 0.244 e. The summed E-state index contributed by atoms with van der Waals surface area (Å²) in [6.07, 6.45) is 0. The molecule has 0 N–H and O–H groups in total. The molecule has 0 aliphatic heterocycles. The fraction of sp³-hybridized carbons (Fsp3) is 0.231. The minimum Gasteiger partial charge on any atom is -0.250 e. The molecule has 2 aromatic rings. The highest BCUT2D eigenvalue weighted by Gasteiger charge is 2.24. The number of hydrogen-bond acceptors (Lipinski definition) is 5. The van der Waals surface area contributed by atoms with Gasteiger partial charge in [0.1, 0.15) is 6.07 Å². The van der Waals surface area contributed by atoms with Crippen LogP contribution in [0.5, 0.6) is 0 Å². The zero-order valence-corrected chi connectivity index (χ0v) is 12.7. The second-order valence-electron chi connectivity index (χ2n) is 4.23. The maximum absolute atomic E-state index is 12.5. The van der Waals surface area contributed by atoms with E-state index in [0.717, 1.165) is 10.6 Å². The molecule has 104 valence electrons. The largest absolute Gasteiger partial charge is 0.250 e. The predicted octanol–water partition coefficient (Wildman–Crippen LogP) is 2.14. The molecule has 1 aromatic carbocycles. The Morgan fingerprint density at radius 1 is 1.40 bits per heavy atom. The van der Waals surface area contributed by atoms with E-state index in [1.165, 1.54) is 34.8 Å². The Kier molecular flexibility index (Phi) is 4.18. The lowest BCUT2D eigenvalue weighted by Gasteiger charge is -2.17. The van der Waals surface area contributed by atoms with Crippen molar-refractivity contribution in [3.63, 3.8) is 0 Å². The van der Waals surface area contributed by atoms with E-state index in [2.05, 4.69) is 4.98 Å². The molecular formula is C13H13N3O2S2. The highest BCUT2D eigenvalue weighted by molar-refractivity contribution is 7.89. The second kappa shape index (κ2) is 5.71. The fourth-order valence-corrected chi connectivity index (χ4v) is 3.91. The molecule has 0 amide bonds. The molecule has 20 heavy (non-hydrogen) atoms. The van der Waals surface area contributed by atoms with Gasteiger partial charge in [-0.05, 0) is 19.1 Å². The molecule has 0 spiro atoms. The van der Waals surface area contributed by atoms with Gasteiger partial charge in [0.15, 0.2) is 0 Å². The number of sulfonamides is 1. The normalized spacial score (nSPS) is 11.5. The van der Waals surface area contributed by atoms with Crippen LogP contribution in [0.1, 0.15) is 16.1 Å². The molecule has 0 radical (unpaired) electrons. The molecule has 5 nitrogen and oxygen atoms in total. The summed E-state index contributed by atoms with van der Waals surface area (Å²) in [5, 5.41) is 9.02. The van der Waals surface area contributed by atoms with Gasteiger partial charge in [-0.25, -0.2) is 13.4 Å². The first-order chi connectivity index (χ1) is 9.46. The summed E-state index contributed by atoms with van der Waals surface area (Å²) in [4.78, 5) is 5.03. The van der Waals surface area contributed by atoms with E-state index in [-0.39, 0.29) is 17.0 Å². The van der Waals surface area contributed by atoms with Crippen LogP contribution in [0.4, 0.5) is 0 Å². The van der Waals surface area contributed by atoms with Gasteiger partial charge in [-0.1, -0.05) is 12.1 Å². The number of benzene rings is 1. The molecule has 0 unspecified atom stereocenters. The number of nitriles is 1. The molecule has 1 heterocycles. The highest BCUT2D eigenvalue weighted by atomic mass is 32.2. The first-order valence-electron chi connectivity index (χ1n) is 5.81. The van der Waals surface area contributed by atoms with Gasteiger partial charge in [0.25, 0.3) is 0 Å². The minimum absolute atomic E-state index is 0.0344. The molecule has 7 heteroatoms. The van der Waals surface area contributed by atoms with Crippen molar-refractivity contribution in [1.29, 1.82) is 5.26 Å². The number of aromatic nitrogens is 1. The first kappa shape index (κ1) is 14.7. The Hall–Kier alpha value is -1.75. The SMILES string of the molecule is Cc1ncsc1CN(C)S(=O)(=O)c1ccccc1C#N. The van der Waals surface area contributed by atoms with E-state index in [4.69, 9.17) is 5.26 Å². The minimum atomic E-state index is -3.68. The average molecular weight is 307 g/mol. The van der Waals surface area contributed by atoms with Gasteiger partial charge in [0, 0.05) is 18.5 Å². The van der Waals surface area contributed by atoms with E-state index in [1.807, 2.05) is 13.0 Å². The van der Waals surface area contributed by atoms with E-state index >= 15 is 0 Å².